The number of aromatic nitrogens is 3. The normalized spacial score (nSPS) is 12.4. The van der Waals surface area contributed by atoms with Gasteiger partial charge in [0.05, 0.1) is 17.9 Å². The van der Waals surface area contributed by atoms with E-state index in [4.69, 9.17) is 0 Å². The highest BCUT2D eigenvalue weighted by Crippen LogP contribution is 2.41. The average molecular weight is 501 g/mol. The lowest BCUT2D eigenvalue weighted by molar-refractivity contribution is -0.122. The molecule has 37 heavy (non-hydrogen) atoms. The lowest BCUT2D eigenvalue weighted by Gasteiger charge is -2.29. The molecule has 7 heteroatoms. The van der Waals surface area contributed by atoms with Crippen molar-refractivity contribution in [3.05, 3.63) is 54.1 Å². The summed E-state index contributed by atoms with van der Waals surface area (Å²) in [7, 11) is 0. The summed E-state index contributed by atoms with van der Waals surface area (Å²) >= 11 is 0. The van der Waals surface area contributed by atoms with Gasteiger partial charge in [0.25, 0.3) is 0 Å². The SMILES string of the molecule is CC(=O)CCCCn1nnc2c1-c1ccccc1N(C(=O)CCCCC(=O)C(C)C)Cc1ccccc1-2. The third-order valence-electron chi connectivity index (χ3n) is 6.94. The van der Waals surface area contributed by atoms with Crippen LogP contribution in [0.3, 0.4) is 0 Å². The molecule has 3 aromatic rings. The van der Waals surface area contributed by atoms with E-state index >= 15 is 0 Å². The van der Waals surface area contributed by atoms with Crippen molar-refractivity contribution in [3.63, 3.8) is 0 Å². The minimum absolute atomic E-state index is 0.0311. The number of unbranched alkanes of at least 4 members (excludes halogenated alkanes) is 2. The predicted octanol–water partition coefficient (Wildman–Crippen LogP) is 6.00. The van der Waals surface area contributed by atoms with Gasteiger partial charge in [0, 0.05) is 42.9 Å². The number of Topliss-reactive ketones (excluding diaryl/α,β-unsaturated/α-hetero) is 2. The summed E-state index contributed by atoms with van der Waals surface area (Å²) in [6.07, 6.45) is 4.47. The fourth-order valence-corrected chi connectivity index (χ4v) is 4.83. The van der Waals surface area contributed by atoms with Crippen LogP contribution in [-0.4, -0.2) is 32.5 Å². The molecule has 1 aromatic heterocycles. The van der Waals surface area contributed by atoms with Gasteiger partial charge in [0.2, 0.25) is 5.91 Å². The van der Waals surface area contributed by atoms with Gasteiger partial charge < -0.3 is 9.69 Å². The van der Waals surface area contributed by atoms with Crippen LogP contribution in [0.15, 0.2) is 48.5 Å². The Balaban J connectivity index is 1.66. The largest absolute Gasteiger partial charge is 0.307 e. The maximum Gasteiger partial charge on any atom is 0.227 e. The Kier molecular flexibility index (Phi) is 8.64. The number of amides is 1. The third-order valence-corrected chi connectivity index (χ3v) is 6.94. The highest BCUT2D eigenvalue weighted by Gasteiger charge is 2.28. The van der Waals surface area contributed by atoms with Crippen molar-refractivity contribution in [2.24, 2.45) is 5.92 Å². The fourth-order valence-electron chi connectivity index (χ4n) is 4.83. The number of carbonyl (C=O) groups excluding carboxylic acids is 3. The molecule has 1 amide bonds. The molecule has 1 aliphatic rings. The minimum atomic E-state index is 0.0311. The van der Waals surface area contributed by atoms with Gasteiger partial charge in [-0.15, -0.1) is 5.10 Å². The molecule has 0 saturated heterocycles. The average Bonchev–Trinajstić information content (AvgIpc) is 3.29. The Labute approximate surface area is 218 Å². The van der Waals surface area contributed by atoms with Gasteiger partial charge in [-0.2, -0.15) is 0 Å². The molecule has 0 spiro atoms. The van der Waals surface area contributed by atoms with Crippen molar-refractivity contribution in [1.82, 2.24) is 15.0 Å². The van der Waals surface area contributed by atoms with Crippen LogP contribution in [0.2, 0.25) is 0 Å². The number of nitrogens with zero attached hydrogens (tertiary/aromatic N) is 4. The topological polar surface area (TPSA) is 85.2 Å². The Morgan fingerprint density at radius 1 is 0.865 bits per heavy atom. The second-order valence-corrected chi connectivity index (χ2v) is 10.2. The van der Waals surface area contributed by atoms with Crippen LogP contribution in [0, 0.1) is 5.92 Å². The van der Waals surface area contributed by atoms with E-state index in [0.717, 1.165) is 53.0 Å². The Morgan fingerprint density at radius 3 is 2.30 bits per heavy atom. The number of aryl methyl sites for hydroxylation is 1. The smallest absolute Gasteiger partial charge is 0.227 e. The van der Waals surface area contributed by atoms with Gasteiger partial charge in [-0.25, -0.2) is 4.68 Å². The number of para-hydroxylation sites is 1. The highest BCUT2D eigenvalue weighted by atomic mass is 16.2. The molecule has 4 rings (SSSR count). The number of hydrogen-bond acceptors (Lipinski definition) is 5. The second-order valence-electron chi connectivity index (χ2n) is 10.2. The van der Waals surface area contributed by atoms with Gasteiger partial charge in [0.15, 0.2) is 0 Å². The lowest BCUT2D eigenvalue weighted by Crippen LogP contribution is -2.31. The molecule has 0 bridgehead atoms. The maximum atomic E-state index is 13.6. The van der Waals surface area contributed by atoms with Crippen molar-refractivity contribution in [2.75, 3.05) is 4.90 Å². The minimum Gasteiger partial charge on any atom is -0.307 e. The van der Waals surface area contributed by atoms with Gasteiger partial charge in [-0.1, -0.05) is 61.5 Å². The van der Waals surface area contributed by atoms with E-state index in [2.05, 4.69) is 10.3 Å². The molecule has 194 valence electrons. The van der Waals surface area contributed by atoms with Crippen LogP contribution in [0.4, 0.5) is 5.69 Å². The van der Waals surface area contributed by atoms with Crippen molar-refractivity contribution in [2.45, 2.75) is 78.8 Å². The van der Waals surface area contributed by atoms with Crippen LogP contribution in [-0.2, 0) is 27.5 Å². The number of benzene rings is 2. The van der Waals surface area contributed by atoms with Crippen LogP contribution < -0.4 is 4.90 Å². The number of carbonyl (C=O) groups is 3. The van der Waals surface area contributed by atoms with Crippen LogP contribution in [0.5, 0.6) is 0 Å². The molecule has 0 saturated carbocycles. The van der Waals surface area contributed by atoms with Crippen molar-refractivity contribution in [3.8, 4) is 22.5 Å². The monoisotopic (exact) mass is 500 g/mol. The summed E-state index contributed by atoms with van der Waals surface area (Å²) in [6, 6.07) is 16.0. The molecule has 0 aliphatic carbocycles. The molecule has 7 nitrogen and oxygen atoms in total. The van der Waals surface area contributed by atoms with Crippen molar-refractivity contribution < 1.29 is 14.4 Å². The molecule has 0 unspecified atom stereocenters. The number of hydrogen-bond donors (Lipinski definition) is 0. The number of rotatable bonds is 11. The summed E-state index contributed by atoms with van der Waals surface area (Å²) < 4.78 is 1.91. The van der Waals surface area contributed by atoms with E-state index in [9.17, 15) is 14.4 Å². The third kappa shape index (κ3) is 6.21. The fraction of sp³-hybridized carbons (Fsp3) is 0.433. The first-order chi connectivity index (χ1) is 17.9. The lowest BCUT2D eigenvalue weighted by atomic mass is 9.95. The summed E-state index contributed by atoms with van der Waals surface area (Å²) in [4.78, 5) is 38.9. The van der Waals surface area contributed by atoms with Gasteiger partial charge in [0.1, 0.15) is 17.3 Å². The van der Waals surface area contributed by atoms with E-state index < -0.39 is 0 Å². The molecule has 2 heterocycles. The first kappa shape index (κ1) is 26.5. The number of anilines is 1. The Bertz CT molecular complexity index is 1280. The van der Waals surface area contributed by atoms with Gasteiger partial charge >= 0.3 is 0 Å². The maximum absolute atomic E-state index is 13.6. The van der Waals surface area contributed by atoms with Gasteiger partial charge in [-0.3, -0.25) is 9.59 Å². The predicted molar refractivity (Wildman–Crippen MR) is 145 cm³/mol. The van der Waals surface area contributed by atoms with Crippen molar-refractivity contribution >= 4 is 23.2 Å². The molecule has 0 atom stereocenters. The molecule has 1 aliphatic heterocycles. The Hall–Kier alpha value is -3.61. The first-order valence-electron chi connectivity index (χ1n) is 13.3. The van der Waals surface area contributed by atoms with Crippen LogP contribution >= 0.6 is 0 Å². The molecule has 2 aromatic carbocycles. The van der Waals surface area contributed by atoms with E-state index in [-0.39, 0.29) is 23.4 Å². The first-order valence-corrected chi connectivity index (χ1v) is 13.3. The van der Waals surface area contributed by atoms with Gasteiger partial charge in [-0.05, 0) is 44.2 Å². The number of fused-ring (bicyclic) bond motifs is 5. The highest BCUT2D eigenvalue weighted by molar-refractivity contribution is 6.00. The summed E-state index contributed by atoms with van der Waals surface area (Å²) in [5, 5.41) is 9.09. The Morgan fingerprint density at radius 2 is 1.54 bits per heavy atom. The second kappa shape index (κ2) is 12.1. The molecule has 0 fully saturated rings. The van der Waals surface area contributed by atoms with E-state index in [1.165, 1.54) is 0 Å². The zero-order chi connectivity index (χ0) is 26.4. The summed E-state index contributed by atoms with van der Waals surface area (Å²) in [5.41, 5.74) is 5.47. The van der Waals surface area contributed by atoms with Crippen LogP contribution in [0.25, 0.3) is 22.5 Å². The van der Waals surface area contributed by atoms with Crippen LogP contribution in [0.1, 0.15) is 71.3 Å². The standard InChI is InChI=1S/C30H36N4O3/c1-21(2)27(36)17-8-9-18-28(37)33-20-23-13-4-5-14-24(23)29-30(25-15-6-7-16-26(25)33)34(32-31-29)19-11-10-12-22(3)35/h4-7,13-16,21H,8-12,17-20H2,1-3H3. The van der Waals surface area contributed by atoms with E-state index in [1.807, 2.05) is 72.0 Å². The zero-order valence-corrected chi connectivity index (χ0v) is 22.1. The molecular weight excluding hydrogens is 464 g/mol. The number of ketones is 2. The van der Waals surface area contributed by atoms with Crippen molar-refractivity contribution in [1.29, 1.82) is 0 Å². The zero-order valence-electron chi connectivity index (χ0n) is 22.1. The van der Waals surface area contributed by atoms with E-state index in [1.54, 1.807) is 6.92 Å². The summed E-state index contributed by atoms with van der Waals surface area (Å²) in [5.74, 6) is 0.511. The quantitative estimate of drug-likeness (QED) is 0.301. The molecular formula is C30H36N4O3. The molecule has 0 radical (unpaired) electrons. The van der Waals surface area contributed by atoms with E-state index in [0.29, 0.717) is 38.8 Å². The molecule has 0 N–H and O–H groups in total. The summed E-state index contributed by atoms with van der Waals surface area (Å²) in [6.45, 7) is 6.54.